The van der Waals surface area contributed by atoms with E-state index < -0.39 is 0 Å². The van der Waals surface area contributed by atoms with Crippen LogP contribution >= 0.6 is 0 Å². The van der Waals surface area contributed by atoms with E-state index in [0.717, 1.165) is 11.1 Å². The molecule has 1 rings (SSSR count). The molecule has 0 bridgehead atoms. The summed E-state index contributed by atoms with van der Waals surface area (Å²) in [5.41, 5.74) is 1.97. The van der Waals surface area contributed by atoms with E-state index in [-0.39, 0.29) is 17.5 Å². The number of aryl methyl sites for hydroxylation is 1. The topological polar surface area (TPSA) is 52.5 Å². The molecule has 0 radical (unpaired) electrons. The van der Waals surface area contributed by atoms with Gasteiger partial charge in [0.25, 0.3) is 0 Å². The van der Waals surface area contributed by atoms with Crippen LogP contribution in [0.3, 0.4) is 0 Å². The van der Waals surface area contributed by atoms with Crippen LogP contribution in [-0.4, -0.2) is 17.3 Å². The molecular formula is C10H15NO2. The molecule has 0 saturated carbocycles. The highest BCUT2D eigenvalue weighted by Gasteiger charge is 2.09. The number of phenols is 2. The van der Waals surface area contributed by atoms with Crippen molar-refractivity contribution in [3.05, 3.63) is 23.3 Å². The maximum Gasteiger partial charge on any atom is 0.157 e. The van der Waals surface area contributed by atoms with E-state index in [1.54, 1.807) is 12.1 Å². The van der Waals surface area contributed by atoms with Crippen molar-refractivity contribution in [2.45, 2.75) is 19.9 Å². The lowest BCUT2D eigenvalue weighted by molar-refractivity contribution is 0.402. The van der Waals surface area contributed by atoms with Crippen molar-refractivity contribution in [2.75, 3.05) is 7.05 Å². The summed E-state index contributed by atoms with van der Waals surface area (Å²) in [7, 11) is 1.86. The minimum atomic E-state index is -0.0669. The Morgan fingerprint density at radius 2 is 1.77 bits per heavy atom. The smallest absolute Gasteiger partial charge is 0.157 e. The highest BCUT2D eigenvalue weighted by atomic mass is 16.3. The van der Waals surface area contributed by atoms with Crippen LogP contribution in [0.4, 0.5) is 0 Å². The van der Waals surface area contributed by atoms with Crippen molar-refractivity contribution in [2.24, 2.45) is 0 Å². The Bertz CT molecular complexity index is 310. The zero-order valence-corrected chi connectivity index (χ0v) is 8.13. The first-order valence-electron chi connectivity index (χ1n) is 4.26. The van der Waals surface area contributed by atoms with Crippen LogP contribution in [0.25, 0.3) is 0 Å². The summed E-state index contributed by atoms with van der Waals surface area (Å²) in [5, 5.41) is 21.6. The molecule has 1 aromatic rings. The van der Waals surface area contributed by atoms with Gasteiger partial charge in [-0.1, -0.05) is 0 Å². The molecule has 3 heteroatoms. The number of nitrogens with one attached hydrogen (secondary N) is 1. The summed E-state index contributed by atoms with van der Waals surface area (Å²) >= 11 is 0. The molecule has 1 atom stereocenters. The van der Waals surface area contributed by atoms with Crippen LogP contribution < -0.4 is 5.32 Å². The number of rotatable bonds is 2. The predicted molar refractivity (Wildman–Crippen MR) is 52.0 cm³/mol. The Hall–Kier alpha value is -1.22. The van der Waals surface area contributed by atoms with Gasteiger partial charge in [-0.3, -0.25) is 0 Å². The van der Waals surface area contributed by atoms with Gasteiger partial charge in [0, 0.05) is 6.04 Å². The summed E-state index contributed by atoms with van der Waals surface area (Å²) < 4.78 is 0. The summed E-state index contributed by atoms with van der Waals surface area (Å²) in [6.45, 7) is 3.90. The first kappa shape index (κ1) is 9.86. The molecule has 0 fully saturated rings. The second kappa shape index (κ2) is 3.66. The predicted octanol–water partition coefficient (Wildman–Crippen LogP) is 1.69. The molecular weight excluding hydrogens is 166 g/mol. The van der Waals surface area contributed by atoms with E-state index in [2.05, 4.69) is 5.32 Å². The molecule has 0 aliphatic heterocycles. The number of hydrogen-bond donors (Lipinski definition) is 3. The zero-order chi connectivity index (χ0) is 10.0. The molecule has 0 heterocycles. The monoisotopic (exact) mass is 181 g/mol. The Morgan fingerprint density at radius 1 is 1.23 bits per heavy atom. The van der Waals surface area contributed by atoms with Gasteiger partial charge in [-0.25, -0.2) is 0 Å². The van der Waals surface area contributed by atoms with E-state index in [9.17, 15) is 10.2 Å². The highest BCUT2D eigenvalue weighted by molar-refractivity contribution is 5.46. The van der Waals surface area contributed by atoms with Crippen molar-refractivity contribution >= 4 is 0 Å². The zero-order valence-electron chi connectivity index (χ0n) is 8.13. The molecule has 1 aromatic carbocycles. The first-order valence-corrected chi connectivity index (χ1v) is 4.26. The number of benzene rings is 1. The van der Waals surface area contributed by atoms with E-state index in [0.29, 0.717) is 0 Å². The van der Waals surface area contributed by atoms with E-state index >= 15 is 0 Å². The Labute approximate surface area is 78.0 Å². The van der Waals surface area contributed by atoms with E-state index in [1.807, 2.05) is 20.9 Å². The van der Waals surface area contributed by atoms with Gasteiger partial charge in [0.05, 0.1) is 0 Å². The second-order valence-electron chi connectivity index (χ2n) is 3.21. The van der Waals surface area contributed by atoms with Gasteiger partial charge < -0.3 is 15.5 Å². The number of phenolic OH excluding ortho intramolecular Hbond substituents is 2. The third-order valence-electron chi connectivity index (χ3n) is 2.26. The SMILES string of the molecule is CNC(C)c1cc(O)c(O)cc1C. The van der Waals surface area contributed by atoms with Crippen molar-refractivity contribution < 1.29 is 10.2 Å². The van der Waals surface area contributed by atoms with E-state index in [1.165, 1.54) is 0 Å². The first-order chi connectivity index (χ1) is 6.06. The molecule has 13 heavy (non-hydrogen) atoms. The lowest BCUT2D eigenvalue weighted by Gasteiger charge is -2.14. The molecule has 3 nitrogen and oxygen atoms in total. The fraction of sp³-hybridized carbons (Fsp3) is 0.400. The second-order valence-corrected chi connectivity index (χ2v) is 3.21. The van der Waals surface area contributed by atoms with E-state index in [4.69, 9.17) is 0 Å². The molecule has 0 aliphatic rings. The van der Waals surface area contributed by atoms with Gasteiger partial charge >= 0.3 is 0 Å². The van der Waals surface area contributed by atoms with Crippen LogP contribution in [-0.2, 0) is 0 Å². The number of hydrogen-bond acceptors (Lipinski definition) is 3. The van der Waals surface area contributed by atoms with Crippen molar-refractivity contribution in [3.63, 3.8) is 0 Å². The molecule has 0 spiro atoms. The summed E-state index contributed by atoms with van der Waals surface area (Å²) in [6.07, 6.45) is 0. The van der Waals surface area contributed by atoms with Gasteiger partial charge in [0.1, 0.15) is 0 Å². The Kier molecular flexibility index (Phi) is 2.78. The lowest BCUT2D eigenvalue weighted by atomic mass is 10.0. The Morgan fingerprint density at radius 3 is 2.31 bits per heavy atom. The quantitative estimate of drug-likeness (QED) is 0.608. The Balaban J connectivity index is 3.15. The van der Waals surface area contributed by atoms with Gasteiger partial charge in [-0.05, 0) is 44.2 Å². The molecule has 72 valence electrons. The maximum atomic E-state index is 9.29. The van der Waals surface area contributed by atoms with Gasteiger partial charge in [-0.2, -0.15) is 0 Å². The summed E-state index contributed by atoms with van der Waals surface area (Å²) in [5.74, 6) is -0.132. The molecule has 0 amide bonds. The highest BCUT2D eigenvalue weighted by Crippen LogP contribution is 2.30. The van der Waals surface area contributed by atoms with Crippen molar-refractivity contribution in [1.82, 2.24) is 5.32 Å². The molecule has 0 aliphatic carbocycles. The fourth-order valence-electron chi connectivity index (χ4n) is 1.32. The number of aromatic hydroxyl groups is 2. The van der Waals surface area contributed by atoms with Crippen molar-refractivity contribution in [1.29, 1.82) is 0 Å². The minimum Gasteiger partial charge on any atom is -0.504 e. The van der Waals surface area contributed by atoms with Gasteiger partial charge in [0.2, 0.25) is 0 Å². The molecule has 1 unspecified atom stereocenters. The third-order valence-corrected chi connectivity index (χ3v) is 2.26. The molecule has 0 aromatic heterocycles. The van der Waals surface area contributed by atoms with Crippen LogP contribution in [0.15, 0.2) is 12.1 Å². The standard InChI is InChI=1S/C10H15NO2/c1-6-4-9(12)10(13)5-8(6)7(2)11-3/h4-5,7,11-13H,1-3H3. The largest absolute Gasteiger partial charge is 0.504 e. The van der Waals surface area contributed by atoms with Gasteiger partial charge in [-0.15, -0.1) is 0 Å². The third kappa shape index (κ3) is 1.92. The average molecular weight is 181 g/mol. The molecule has 0 saturated heterocycles. The van der Waals surface area contributed by atoms with Crippen LogP contribution in [0.5, 0.6) is 11.5 Å². The van der Waals surface area contributed by atoms with Crippen LogP contribution in [0.2, 0.25) is 0 Å². The minimum absolute atomic E-state index is 0.0652. The normalized spacial score (nSPS) is 12.8. The van der Waals surface area contributed by atoms with Crippen LogP contribution in [0, 0.1) is 6.92 Å². The lowest BCUT2D eigenvalue weighted by Crippen LogP contribution is -2.13. The summed E-state index contributed by atoms with van der Waals surface area (Å²) in [6, 6.07) is 3.33. The van der Waals surface area contributed by atoms with Crippen molar-refractivity contribution in [3.8, 4) is 11.5 Å². The molecule has 3 N–H and O–H groups in total. The van der Waals surface area contributed by atoms with Crippen LogP contribution in [0.1, 0.15) is 24.1 Å². The van der Waals surface area contributed by atoms with Gasteiger partial charge in [0.15, 0.2) is 11.5 Å². The summed E-state index contributed by atoms with van der Waals surface area (Å²) in [4.78, 5) is 0. The average Bonchev–Trinajstić information content (AvgIpc) is 2.10. The maximum absolute atomic E-state index is 9.29. The fourth-order valence-corrected chi connectivity index (χ4v) is 1.32.